The standard InChI is InChI=1S/C15H18ClNO3/c1-10-9-13(3-4-14(10)16)20-15(19)12-5-7-17(8-6-12)11(2)18/h3-4,9,12H,5-8H2,1-2H3. The summed E-state index contributed by atoms with van der Waals surface area (Å²) in [5, 5.41) is 0.652. The second-order valence-electron chi connectivity index (χ2n) is 5.11. The van der Waals surface area contributed by atoms with Gasteiger partial charge in [-0.3, -0.25) is 9.59 Å². The van der Waals surface area contributed by atoms with E-state index in [1.54, 1.807) is 30.0 Å². The molecule has 0 spiro atoms. The average molecular weight is 296 g/mol. The third-order valence-electron chi connectivity index (χ3n) is 3.62. The summed E-state index contributed by atoms with van der Waals surface area (Å²) in [4.78, 5) is 25.1. The van der Waals surface area contributed by atoms with E-state index in [-0.39, 0.29) is 17.8 Å². The fourth-order valence-corrected chi connectivity index (χ4v) is 2.43. The minimum Gasteiger partial charge on any atom is -0.426 e. The summed E-state index contributed by atoms with van der Waals surface area (Å²) in [5.41, 5.74) is 0.878. The highest BCUT2D eigenvalue weighted by atomic mass is 35.5. The molecule has 2 rings (SSSR count). The van der Waals surface area contributed by atoms with Crippen molar-refractivity contribution >= 4 is 23.5 Å². The molecule has 1 aliphatic rings. The molecule has 20 heavy (non-hydrogen) atoms. The molecule has 1 aromatic carbocycles. The van der Waals surface area contributed by atoms with Gasteiger partial charge in [-0.1, -0.05) is 11.6 Å². The molecule has 1 heterocycles. The Kier molecular flexibility index (Phi) is 4.65. The van der Waals surface area contributed by atoms with Crippen LogP contribution in [0.15, 0.2) is 18.2 Å². The van der Waals surface area contributed by atoms with E-state index in [1.807, 2.05) is 6.92 Å². The third-order valence-corrected chi connectivity index (χ3v) is 4.05. The summed E-state index contributed by atoms with van der Waals surface area (Å²) < 4.78 is 5.38. The van der Waals surface area contributed by atoms with Crippen LogP contribution in [0.25, 0.3) is 0 Å². The SMILES string of the molecule is CC(=O)N1CCC(C(=O)Oc2ccc(Cl)c(C)c2)CC1. The van der Waals surface area contributed by atoms with Crippen molar-refractivity contribution in [2.75, 3.05) is 13.1 Å². The highest BCUT2D eigenvalue weighted by Gasteiger charge is 2.27. The molecule has 1 fully saturated rings. The number of likely N-dealkylation sites (tertiary alicyclic amines) is 1. The van der Waals surface area contributed by atoms with Crippen molar-refractivity contribution in [3.8, 4) is 5.75 Å². The van der Waals surface area contributed by atoms with Crippen LogP contribution in [-0.2, 0) is 9.59 Å². The van der Waals surface area contributed by atoms with Crippen molar-refractivity contribution in [3.05, 3.63) is 28.8 Å². The summed E-state index contributed by atoms with van der Waals surface area (Å²) >= 11 is 5.93. The Bertz CT molecular complexity index is 522. The molecule has 0 bridgehead atoms. The van der Waals surface area contributed by atoms with E-state index in [2.05, 4.69) is 0 Å². The predicted molar refractivity (Wildman–Crippen MR) is 76.8 cm³/mol. The smallest absolute Gasteiger partial charge is 0.314 e. The van der Waals surface area contributed by atoms with E-state index in [0.29, 0.717) is 36.7 Å². The molecule has 0 atom stereocenters. The monoisotopic (exact) mass is 295 g/mol. The molecule has 1 aliphatic heterocycles. The molecule has 0 radical (unpaired) electrons. The third kappa shape index (κ3) is 3.51. The van der Waals surface area contributed by atoms with E-state index in [4.69, 9.17) is 16.3 Å². The van der Waals surface area contributed by atoms with Crippen LogP contribution in [0.2, 0.25) is 5.02 Å². The van der Waals surface area contributed by atoms with Gasteiger partial charge < -0.3 is 9.64 Å². The number of esters is 1. The van der Waals surface area contributed by atoms with Gasteiger partial charge in [-0.2, -0.15) is 0 Å². The van der Waals surface area contributed by atoms with Crippen molar-refractivity contribution in [2.45, 2.75) is 26.7 Å². The Morgan fingerprint density at radius 3 is 2.50 bits per heavy atom. The maximum atomic E-state index is 12.1. The van der Waals surface area contributed by atoms with Gasteiger partial charge in [0, 0.05) is 25.0 Å². The Labute approximate surface area is 123 Å². The molecule has 0 N–H and O–H groups in total. The van der Waals surface area contributed by atoms with Gasteiger partial charge in [0.25, 0.3) is 0 Å². The van der Waals surface area contributed by atoms with Crippen LogP contribution in [0, 0.1) is 12.8 Å². The van der Waals surface area contributed by atoms with Crippen molar-refractivity contribution < 1.29 is 14.3 Å². The lowest BCUT2D eigenvalue weighted by Crippen LogP contribution is -2.40. The second kappa shape index (κ2) is 6.27. The van der Waals surface area contributed by atoms with Crippen LogP contribution >= 0.6 is 11.6 Å². The Morgan fingerprint density at radius 1 is 1.30 bits per heavy atom. The lowest BCUT2D eigenvalue weighted by atomic mass is 9.97. The molecule has 5 heteroatoms. The highest BCUT2D eigenvalue weighted by molar-refractivity contribution is 6.31. The number of halogens is 1. The fourth-order valence-electron chi connectivity index (χ4n) is 2.31. The van der Waals surface area contributed by atoms with E-state index in [1.165, 1.54) is 0 Å². The maximum Gasteiger partial charge on any atom is 0.314 e. The second-order valence-corrected chi connectivity index (χ2v) is 5.52. The molecule has 1 saturated heterocycles. The van der Waals surface area contributed by atoms with Crippen molar-refractivity contribution in [3.63, 3.8) is 0 Å². The van der Waals surface area contributed by atoms with E-state index in [0.717, 1.165) is 5.56 Å². The van der Waals surface area contributed by atoms with Gasteiger partial charge in [0.1, 0.15) is 5.75 Å². The van der Waals surface area contributed by atoms with Gasteiger partial charge in [0.2, 0.25) is 5.91 Å². The number of nitrogens with zero attached hydrogens (tertiary/aromatic N) is 1. The largest absolute Gasteiger partial charge is 0.426 e. The maximum absolute atomic E-state index is 12.1. The number of aryl methyl sites for hydroxylation is 1. The molecule has 0 aliphatic carbocycles. The van der Waals surface area contributed by atoms with Gasteiger partial charge in [-0.05, 0) is 43.5 Å². The molecule has 108 valence electrons. The van der Waals surface area contributed by atoms with Crippen molar-refractivity contribution in [1.82, 2.24) is 4.90 Å². The van der Waals surface area contributed by atoms with Gasteiger partial charge in [0.05, 0.1) is 5.92 Å². The summed E-state index contributed by atoms with van der Waals surface area (Å²) in [5.74, 6) is 0.215. The number of carbonyl (C=O) groups is 2. The van der Waals surface area contributed by atoms with Crippen molar-refractivity contribution in [1.29, 1.82) is 0 Å². The summed E-state index contributed by atoms with van der Waals surface area (Å²) in [7, 11) is 0. The van der Waals surface area contributed by atoms with E-state index < -0.39 is 0 Å². The highest BCUT2D eigenvalue weighted by Crippen LogP contribution is 2.24. The zero-order valence-corrected chi connectivity index (χ0v) is 12.4. The zero-order valence-electron chi connectivity index (χ0n) is 11.7. The van der Waals surface area contributed by atoms with E-state index in [9.17, 15) is 9.59 Å². The fraction of sp³-hybridized carbons (Fsp3) is 0.467. The Morgan fingerprint density at radius 2 is 1.95 bits per heavy atom. The first-order chi connectivity index (χ1) is 9.47. The summed E-state index contributed by atoms with van der Waals surface area (Å²) in [6.07, 6.45) is 1.32. The van der Waals surface area contributed by atoms with Gasteiger partial charge >= 0.3 is 5.97 Å². The molecule has 0 saturated carbocycles. The molecule has 1 amide bonds. The number of benzene rings is 1. The van der Waals surface area contributed by atoms with Crippen molar-refractivity contribution in [2.24, 2.45) is 5.92 Å². The number of carbonyl (C=O) groups excluding carboxylic acids is 2. The molecular formula is C15H18ClNO3. The first-order valence-electron chi connectivity index (χ1n) is 6.70. The molecule has 0 unspecified atom stereocenters. The summed E-state index contributed by atoms with van der Waals surface area (Å²) in [6, 6.07) is 5.17. The van der Waals surface area contributed by atoms with Gasteiger partial charge in [-0.15, -0.1) is 0 Å². The zero-order chi connectivity index (χ0) is 14.7. The molecule has 4 nitrogen and oxygen atoms in total. The Hall–Kier alpha value is -1.55. The minimum atomic E-state index is -0.227. The molecular weight excluding hydrogens is 278 g/mol. The number of amides is 1. The number of ether oxygens (including phenoxy) is 1. The number of hydrogen-bond donors (Lipinski definition) is 0. The van der Waals surface area contributed by atoms with Gasteiger partial charge in [0.15, 0.2) is 0 Å². The van der Waals surface area contributed by atoms with Crippen LogP contribution in [0.5, 0.6) is 5.75 Å². The predicted octanol–water partition coefficient (Wildman–Crippen LogP) is 2.81. The van der Waals surface area contributed by atoms with Crippen LogP contribution in [0.4, 0.5) is 0 Å². The average Bonchev–Trinajstić information content (AvgIpc) is 2.43. The quantitative estimate of drug-likeness (QED) is 0.622. The summed E-state index contributed by atoms with van der Waals surface area (Å²) in [6.45, 7) is 4.66. The first-order valence-corrected chi connectivity index (χ1v) is 7.08. The Balaban J connectivity index is 1.92. The normalized spacial score (nSPS) is 16.1. The van der Waals surface area contributed by atoms with E-state index >= 15 is 0 Å². The lowest BCUT2D eigenvalue weighted by molar-refractivity contribution is -0.142. The van der Waals surface area contributed by atoms with Crippen LogP contribution in [0.3, 0.4) is 0 Å². The topological polar surface area (TPSA) is 46.6 Å². The first kappa shape index (κ1) is 14.9. The van der Waals surface area contributed by atoms with Gasteiger partial charge in [-0.25, -0.2) is 0 Å². The number of rotatable bonds is 2. The molecule has 0 aromatic heterocycles. The van der Waals surface area contributed by atoms with Crippen LogP contribution in [-0.4, -0.2) is 29.9 Å². The number of piperidine rings is 1. The number of hydrogen-bond acceptors (Lipinski definition) is 3. The molecule has 1 aromatic rings. The van der Waals surface area contributed by atoms with Crippen LogP contribution in [0.1, 0.15) is 25.3 Å². The lowest BCUT2D eigenvalue weighted by Gasteiger charge is -2.29. The van der Waals surface area contributed by atoms with Crippen LogP contribution < -0.4 is 4.74 Å². The minimum absolute atomic E-state index is 0.0603.